The molecular formula is C13H23N3OS. The van der Waals surface area contributed by atoms with E-state index in [9.17, 15) is 4.79 Å². The van der Waals surface area contributed by atoms with Gasteiger partial charge >= 0.3 is 0 Å². The topological polar surface area (TPSA) is 60.1 Å². The molecule has 1 aromatic heterocycles. The maximum Gasteiger partial charge on any atom is 0.268 e. The third-order valence-electron chi connectivity index (χ3n) is 2.72. The van der Waals surface area contributed by atoms with Crippen molar-refractivity contribution in [2.45, 2.75) is 26.8 Å². The van der Waals surface area contributed by atoms with Gasteiger partial charge < -0.3 is 15.6 Å². The van der Waals surface area contributed by atoms with E-state index in [-0.39, 0.29) is 11.9 Å². The lowest BCUT2D eigenvalue weighted by Crippen LogP contribution is -2.30. The number of hydrogen-bond donors (Lipinski definition) is 2. The average Bonchev–Trinajstić information content (AvgIpc) is 2.69. The molecule has 0 aliphatic heterocycles. The van der Waals surface area contributed by atoms with Gasteiger partial charge in [-0.05, 0) is 37.8 Å². The Morgan fingerprint density at radius 1 is 1.50 bits per heavy atom. The minimum atomic E-state index is -0.0478. The number of amides is 1. The molecule has 0 saturated heterocycles. The number of aromatic nitrogens is 1. The van der Waals surface area contributed by atoms with Crippen LogP contribution < -0.4 is 11.1 Å². The second kappa shape index (κ2) is 6.73. The first-order valence-corrected chi connectivity index (χ1v) is 7.59. The standard InChI is InChI=1S/C13H23N3OS/c1-9(2)16-7-11(14)5-12(16)13(17)15-6-10(3)8-18-4/h5,7,9-10H,6,8,14H2,1-4H3,(H,15,17). The summed E-state index contributed by atoms with van der Waals surface area (Å²) >= 11 is 1.79. The van der Waals surface area contributed by atoms with Crippen LogP contribution in [-0.4, -0.2) is 29.0 Å². The highest BCUT2D eigenvalue weighted by Crippen LogP contribution is 2.16. The summed E-state index contributed by atoms with van der Waals surface area (Å²) in [5.41, 5.74) is 7.02. The maximum atomic E-state index is 12.1. The fourth-order valence-corrected chi connectivity index (χ4v) is 2.50. The van der Waals surface area contributed by atoms with E-state index >= 15 is 0 Å². The van der Waals surface area contributed by atoms with Crippen LogP contribution in [0, 0.1) is 5.92 Å². The first-order chi connectivity index (χ1) is 8.45. The van der Waals surface area contributed by atoms with Gasteiger partial charge in [-0.3, -0.25) is 4.79 Å². The minimum Gasteiger partial charge on any atom is -0.397 e. The predicted octanol–water partition coefficient (Wildman–Crippen LogP) is 2.38. The molecule has 0 radical (unpaired) electrons. The number of nitrogens with two attached hydrogens (primary N) is 1. The molecule has 1 rings (SSSR count). The number of nitrogens with zero attached hydrogens (tertiary/aromatic N) is 1. The van der Waals surface area contributed by atoms with Crippen molar-refractivity contribution in [1.82, 2.24) is 9.88 Å². The predicted molar refractivity (Wildman–Crippen MR) is 79.1 cm³/mol. The number of hydrogen-bond acceptors (Lipinski definition) is 3. The number of rotatable bonds is 6. The molecule has 1 heterocycles. The van der Waals surface area contributed by atoms with E-state index in [2.05, 4.69) is 18.5 Å². The van der Waals surface area contributed by atoms with Gasteiger partial charge in [-0.25, -0.2) is 0 Å². The number of thioether (sulfide) groups is 1. The van der Waals surface area contributed by atoms with Crippen LogP contribution in [0.3, 0.4) is 0 Å². The Morgan fingerprint density at radius 3 is 2.72 bits per heavy atom. The molecule has 1 amide bonds. The fraction of sp³-hybridized carbons (Fsp3) is 0.615. The van der Waals surface area contributed by atoms with E-state index in [1.807, 2.05) is 24.6 Å². The van der Waals surface area contributed by atoms with Gasteiger partial charge in [0.05, 0.1) is 5.69 Å². The van der Waals surface area contributed by atoms with Crippen molar-refractivity contribution in [1.29, 1.82) is 0 Å². The second-order valence-corrected chi connectivity index (χ2v) is 5.84. The van der Waals surface area contributed by atoms with Crippen LogP contribution in [0.25, 0.3) is 0 Å². The number of nitrogens with one attached hydrogen (secondary N) is 1. The van der Waals surface area contributed by atoms with Crippen molar-refractivity contribution in [2.24, 2.45) is 5.92 Å². The molecule has 4 nitrogen and oxygen atoms in total. The average molecular weight is 269 g/mol. The smallest absolute Gasteiger partial charge is 0.268 e. The maximum absolute atomic E-state index is 12.1. The van der Waals surface area contributed by atoms with Crippen LogP contribution in [0.1, 0.15) is 37.3 Å². The molecule has 1 aromatic rings. The van der Waals surface area contributed by atoms with Crippen molar-refractivity contribution < 1.29 is 4.79 Å². The Bertz CT molecular complexity index is 401. The largest absolute Gasteiger partial charge is 0.397 e. The summed E-state index contributed by atoms with van der Waals surface area (Å²) < 4.78 is 1.91. The Labute approximate surface area is 113 Å². The van der Waals surface area contributed by atoms with E-state index in [1.54, 1.807) is 17.8 Å². The Balaban J connectivity index is 2.66. The van der Waals surface area contributed by atoms with Gasteiger partial charge in [-0.1, -0.05) is 6.92 Å². The molecule has 1 unspecified atom stereocenters. The molecule has 0 bridgehead atoms. The zero-order valence-electron chi connectivity index (χ0n) is 11.6. The van der Waals surface area contributed by atoms with Crippen LogP contribution in [0.2, 0.25) is 0 Å². The van der Waals surface area contributed by atoms with E-state index < -0.39 is 0 Å². The summed E-state index contributed by atoms with van der Waals surface area (Å²) in [6.07, 6.45) is 3.88. The summed E-state index contributed by atoms with van der Waals surface area (Å²) in [6.45, 7) is 6.90. The van der Waals surface area contributed by atoms with E-state index in [4.69, 9.17) is 5.73 Å². The van der Waals surface area contributed by atoms with Crippen molar-refractivity contribution in [2.75, 3.05) is 24.3 Å². The molecule has 18 heavy (non-hydrogen) atoms. The molecule has 0 spiro atoms. The molecule has 0 saturated carbocycles. The van der Waals surface area contributed by atoms with Crippen LogP contribution in [-0.2, 0) is 0 Å². The lowest BCUT2D eigenvalue weighted by atomic mass is 10.2. The summed E-state index contributed by atoms with van der Waals surface area (Å²) in [4.78, 5) is 12.1. The van der Waals surface area contributed by atoms with Crippen molar-refractivity contribution in [3.63, 3.8) is 0 Å². The number of carbonyl (C=O) groups excluding carboxylic acids is 1. The number of anilines is 1. The van der Waals surface area contributed by atoms with Crippen LogP contribution >= 0.6 is 11.8 Å². The van der Waals surface area contributed by atoms with Gasteiger partial charge in [0.1, 0.15) is 5.69 Å². The van der Waals surface area contributed by atoms with Gasteiger partial charge in [0.2, 0.25) is 0 Å². The molecule has 0 fully saturated rings. The van der Waals surface area contributed by atoms with E-state index in [0.717, 1.165) is 5.75 Å². The highest BCUT2D eigenvalue weighted by atomic mass is 32.2. The first-order valence-electron chi connectivity index (χ1n) is 6.20. The van der Waals surface area contributed by atoms with Gasteiger partial charge in [0, 0.05) is 18.8 Å². The Morgan fingerprint density at radius 2 is 2.17 bits per heavy atom. The minimum absolute atomic E-state index is 0.0478. The number of carbonyl (C=O) groups is 1. The molecule has 0 aliphatic carbocycles. The van der Waals surface area contributed by atoms with Crippen molar-refractivity contribution >= 4 is 23.4 Å². The molecule has 0 aromatic carbocycles. The molecule has 102 valence electrons. The summed E-state index contributed by atoms with van der Waals surface area (Å²) in [7, 11) is 0. The lowest BCUT2D eigenvalue weighted by Gasteiger charge is -2.14. The highest BCUT2D eigenvalue weighted by Gasteiger charge is 2.15. The molecular weight excluding hydrogens is 246 g/mol. The van der Waals surface area contributed by atoms with Gasteiger partial charge in [-0.2, -0.15) is 11.8 Å². The third kappa shape index (κ3) is 3.98. The van der Waals surface area contributed by atoms with E-state index in [1.165, 1.54) is 0 Å². The zero-order valence-corrected chi connectivity index (χ0v) is 12.4. The third-order valence-corrected chi connectivity index (χ3v) is 3.62. The van der Waals surface area contributed by atoms with Crippen LogP contribution in [0.15, 0.2) is 12.3 Å². The van der Waals surface area contributed by atoms with Crippen LogP contribution in [0.5, 0.6) is 0 Å². The number of nitrogen functional groups attached to an aromatic ring is 1. The monoisotopic (exact) mass is 269 g/mol. The lowest BCUT2D eigenvalue weighted by molar-refractivity contribution is 0.0938. The summed E-state index contributed by atoms with van der Waals surface area (Å²) in [6, 6.07) is 1.96. The Kier molecular flexibility index (Phi) is 5.59. The van der Waals surface area contributed by atoms with Gasteiger partial charge in [-0.15, -0.1) is 0 Å². The normalized spacial score (nSPS) is 12.7. The van der Waals surface area contributed by atoms with Gasteiger partial charge in [0.25, 0.3) is 5.91 Å². The van der Waals surface area contributed by atoms with Crippen LogP contribution in [0.4, 0.5) is 5.69 Å². The summed E-state index contributed by atoms with van der Waals surface area (Å²) in [5.74, 6) is 1.48. The van der Waals surface area contributed by atoms with Crippen molar-refractivity contribution in [3.8, 4) is 0 Å². The molecule has 0 aliphatic rings. The molecule has 3 N–H and O–H groups in total. The summed E-state index contributed by atoms with van der Waals surface area (Å²) in [5, 5.41) is 2.96. The zero-order chi connectivity index (χ0) is 13.7. The SMILES string of the molecule is CSCC(C)CNC(=O)c1cc(N)cn1C(C)C. The van der Waals surface area contributed by atoms with Gasteiger partial charge in [0.15, 0.2) is 0 Å². The Hall–Kier alpha value is -1.10. The molecule has 5 heteroatoms. The second-order valence-electron chi connectivity index (χ2n) is 4.93. The fourth-order valence-electron chi connectivity index (χ4n) is 1.81. The first kappa shape index (κ1) is 15.0. The quantitative estimate of drug-likeness (QED) is 0.833. The van der Waals surface area contributed by atoms with E-state index in [0.29, 0.717) is 23.8 Å². The van der Waals surface area contributed by atoms with Crippen molar-refractivity contribution in [3.05, 3.63) is 18.0 Å². The molecule has 1 atom stereocenters. The highest BCUT2D eigenvalue weighted by molar-refractivity contribution is 7.98.